The van der Waals surface area contributed by atoms with Crippen molar-refractivity contribution in [3.63, 3.8) is 0 Å². The van der Waals surface area contributed by atoms with Gasteiger partial charge in [-0.15, -0.1) is 0 Å². The van der Waals surface area contributed by atoms with Gasteiger partial charge in [0.2, 0.25) is 0 Å². The number of benzene rings is 2. The van der Waals surface area contributed by atoms with Gasteiger partial charge in [-0.05, 0) is 30.7 Å². The molecule has 1 heterocycles. The summed E-state index contributed by atoms with van der Waals surface area (Å²) in [5.74, 6) is -1.11. The van der Waals surface area contributed by atoms with Crippen LogP contribution in [0.2, 0.25) is 0 Å². The third-order valence-electron chi connectivity index (χ3n) is 3.36. The molecule has 3 rings (SSSR count). The number of carbonyl (C=O) groups is 1. The summed E-state index contributed by atoms with van der Waals surface area (Å²) in [6, 6.07) is 15.8. The Balaban J connectivity index is 2.18. The maximum atomic E-state index is 11.5. The average molecular weight is 294 g/mol. The quantitative estimate of drug-likeness (QED) is 0.777. The second-order valence-electron chi connectivity index (χ2n) is 4.99. The Morgan fingerprint density at radius 1 is 1.09 bits per heavy atom. The molecule has 0 bridgehead atoms. The Kier molecular flexibility index (Phi) is 3.39. The lowest BCUT2D eigenvalue weighted by Gasteiger charge is -2.07. The summed E-state index contributed by atoms with van der Waals surface area (Å²) in [4.78, 5) is 11.5. The van der Waals surface area contributed by atoms with E-state index in [2.05, 4.69) is 5.10 Å². The van der Waals surface area contributed by atoms with E-state index in [4.69, 9.17) is 0 Å². The van der Waals surface area contributed by atoms with Crippen molar-refractivity contribution in [1.82, 2.24) is 9.78 Å². The van der Waals surface area contributed by atoms with Crippen molar-refractivity contribution in [1.29, 1.82) is 0 Å². The van der Waals surface area contributed by atoms with Crippen molar-refractivity contribution in [2.75, 3.05) is 0 Å². The van der Waals surface area contributed by atoms with Crippen LogP contribution in [0.5, 0.6) is 5.75 Å². The molecule has 3 aromatic rings. The maximum Gasteiger partial charge on any atom is 0.354 e. The van der Waals surface area contributed by atoms with E-state index in [0.717, 1.165) is 11.1 Å². The molecule has 0 aliphatic rings. The molecule has 0 saturated carbocycles. The molecule has 0 spiro atoms. The molecule has 110 valence electrons. The van der Waals surface area contributed by atoms with E-state index in [1.54, 1.807) is 18.2 Å². The van der Waals surface area contributed by atoms with Crippen LogP contribution in [0.15, 0.2) is 54.6 Å². The standard InChI is InChI=1S/C17H14N2O3/c1-11-7-8-14(16(20)9-11)19-15(17(21)22)10-13(18-19)12-5-3-2-4-6-12/h2-10,20H,1H3,(H,21,22). The van der Waals surface area contributed by atoms with Gasteiger partial charge in [-0.2, -0.15) is 5.10 Å². The molecule has 0 aliphatic heterocycles. The molecule has 0 saturated heterocycles. The van der Waals surface area contributed by atoms with Crippen LogP contribution >= 0.6 is 0 Å². The number of aromatic hydroxyl groups is 1. The second-order valence-corrected chi connectivity index (χ2v) is 4.99. The van der Waals surface area contributed by atoms with E-state index in [1.807, 2.05) is 37.3 Å². The van der Waals surface area contributed by atoms with Crippen LogP contribution in [-0.4, -0.2) is 26.0 Å². The fraction of sp³-hybridized carbons (Fsp3) is 0.0588. The highest BCUT2D eigenvalue weighted by molar-refractivity contribution is 5.88. The van der Waals surface area contributed by atoms with Crippen molar-refractivity contribution >= 4 is 5.97 Å². The van der Waals surface area contributed by atoms with E-state index < -0.39 is 5.97 Å². The first-order valence-corrected chi connectivity index (χ1v) is 6.75. The van der Waals surface area contributed by atoms with Crippen molar-refractivity contribution < 1.29 is 15.0 Å². The van der Waals surface area contributed by atoms with Gasteiger partial charge in [0.1, 0.15) is 11.4 Å². The predicted octanol–water partition coefficient (Wildman–Crippen LogP) is 3.25. The van der Waals surface area contributed by atoms with E-state index >= 15 is 0 Å². The summed E-state index contributed by atoms with van der Waals surface area (Å²) in [6.45, 7) is 1.85. The maximum absolute atomic E-state index is 11.5. The summed E-state index contributed by atoms with van der Waals surface area (Å²) in [5.41, 5.74) is 2.57. The van der Waals surface area contributed by atoms with E-state index in [1.165, 1.54) is 10.7 Å². The SMILES string of the molecule is Cc1ccc(-n2nc(-c3ccccc3)cc2C(=O)O)c(O)c1. The minimum Gasteiger partial charge on any atom is -0.506 e. The Hall–Kier alpha value is -3.08. The fourth-order valence-electron chi connectivity index (χ4n) is 2.28. The Bertz CT molecular complexity index is 838. The van der Waals surface area contributed by atoms with Gasteiger partial charge in [0, 0.05) is 5.56 Å². The van der Waals surface area contributed by atoms with Crippen molar-refractivity contribution in [3.8, 4) is 22.7 Å². The lowest BCUT2D eigenvalue weighted by atomic mass is 10.1. The summed E-state index contributed by atoms with van der Waals surface area (Å²) in [7, 11) is 0. The van der Waals surface area contributed by atoms with Gasteiger partial charge in [-0.1, -0.05) is 36.4 Å². The van der Waals surface area contributed by atoms with Crippen LogP contribution < -0.4 is 0 Å². The van der Waals surface area contributed by atoms with Crippen LogP contribution in [-0.2, 0) is 0 Å². The molecular weight excluding hydrogens is 280 g/mol. The van der Waals surface area contributed by atoms with E-state index in [9.17, 15) is 15.0 Å². The van der Waals surface area contributed by atoms with Crippen LogP contribution in [0.1, 0.15) is 16.1 Å². The molecule has 0 aliphatic carbocycles. The molecule has 0 amide bonds. The van der Waals surface area contributed by atoms with Crippen LogP contribution in [0.3, 0.4) is 0 Å². The first-order valence-electron chi connectivity index (χ1n) is 6.75. The van der Waals surface area contributed by atoms with Crippen molar-refractivity contribution in [2.45, 2.75) is 6.92 Å². The molecule has 0 unspecified atom stereocenters. The number of aromatic nitrogens is 2. The number of carboxylic acids is 1. The number of rotatable bonds is 3. The Labute approximate surface area is 127 Å². The molecule has 2 aromatic carbocycles. The first-order chi connectivity index (χ1) is 10.6. The monoisotopic (exact) mass is 294 g/mol. The highest BCUT2D eigenvalue weighted by atomic mass is 16.4. The molecule has 2 N–H and O–H groups in total. The largest absolute Gasteiger partial charge is 0.506 e. The number of nitrogens with zero attached hydrogens (tertiary/aromatic N) is 2. The molecule has 0 atom stereocenters. The number of phenols is 1. The molecule has 22 heavy (non-hydrogen) atoms. The number of carboxylic acid groups (broad SMARTS) is 1. The minimum absolute atomic E-state index is 0.00185. The predicted molar refractivity (Wildman–Crippen MR) is 82.4 cm³/mol. The Morgan fingerprint density at radius 2 is 1.82 bits per heavy atom. The highest BCUT2D eigenvalue weighted by Crippen LogP contribution is 2.27. The van der Waals surface area contributed by atoms with Gasteiger partial charge in [0.25, 0.3) is 0 Å². The number of hydrogen-bond donors (Lipinski definition) is 2. The smallest absolute Gasteiger partial charge is 0.354 e. The molecule has 0 radical (unpaired) electrons. The Morgan fingerprint density at radius 3 is 2.45 bits per heavy atom. The molecular formula is C17H14N2O3. The molecule has 5 heteroatoms. The van der Waals surface area contributed by atoms with Crippen LogP contribution in [0.25, 0.3) is 16.9 Å². The third kappa shape index (κ3) is 2.44. The van der Waals surface area contributed by atoms with Crippen molar-refractivity contribution in [2.24, 2.45) is 0 Å². The number of aromatic carboxylic acids is 1. The van der Waals surface area contributed by atoms with Gasteiger partial charge in [-0.3, -0.25) is 0 Å². The highest BCUT2D eigenvalue weighted by Gasteiger charge is 2.18. The lowest BCUT2D eigenvalue weighted by molar-refractivity contribution is 0.0687. The summed E-state index contributed by atoms with van der Waals surface area (Å²) >= 11 is 0. The normalized spacial score (nSPS) is 10.6. The van der Waals surface area contributed by atoms with Gasteiger partial charge >= 0.3 is 5.97 Å². The average Bonchev–Trinajstić information content (AvgIpc) is 2.93. The lowest BCUT2D eigenvalue weighted by Crippen LogP contribution is -2.08. The summed E-state index contributed by atoms with van der Waals surface area (Å²) < 4.78 is 1.25. The second kappa shape index (κ2) is 5.37. The number of aryl methyl sites for hydroxylation is 1. The van der Waals surface area contributed by atoms with E-state index in [0.29, 0.717) is 11.4 Å². The minimum atomic E-state index is -1.10. The van der Waals surface area contributed by atoms with Crippen LogP contribution in [0, 0.1) is 6.92 Å². The topological polar surface area (TPSA) is 75.4 Å². The summed E-state index contributed by atoms with van der Waals surface area (Å²) in [6.07, 6.45) is 0. The number of hydrogen-bond acceptors (Lipinski definition) is 3. The third-order valence-corrected chi connectivity index (χ3v) is 3.36. The molecule has 1 aromatic heterocycles. The number of phenolic OH excluding ortho intramolecular Hbond substituents is 1. The zero-order valence-corrected chi connectivity index (χ0v) is 11.9. The zero-order valence-electron chi connectivity index (χ0n) is 11.9. The van der Waals surface area contributed by atoms with Gasteiger partial charge in [0.05, 0.1) is 5.69 Å². The van der Waals surface area contributed by atoms with Crippen LogP contribution in [0.4, 0.5) is 0 Å². The van der Waals surface area contributed by atoms with Gasteiger partial charge in [-0.25, -0.2) is 9.48 Å². The fourth-order valence-corrected chi connectivity index (χ4v) is 2.28. The molecule has 5 nitrogen and oxygen atoms in total. The van der Waals surface area contributed by atoms with E-state index in [-0.39, 0.29) is 11.4 Å². The summed E-state index contributed by atoms with van der Waals surface area (Å²) in [5, 5.41) is 23.8. The van der Waals surface area contributed by atoms with Crippen molar-refractivity contribution in [3.05, 3.63) is 65.9 Å². The van der Waals surface area contributed by atoms with Gasteiger partial charge < -0.3 is 10.2 Å². The van der Waals surface area contributed by atoms with Gasteiger partial charge in [0.15, 0.2) is 5.69 Å². The zero-order chi connectivity index (χ0) is 15.7. The first kappa shape index (κ1) is 13.9. The molecule has 0 fully saturated rings.